The molecule has 3 N–H and O–H groups in total. The highest BCUT2D eigenvalue weighted by molar-refractivity contribution is 5.50. The van der Waals surface area contributed by atoms with Crippen molar-refractivity contribution in [3.8, 4) is 5.69 Å². The maximum Gasteiger partial charge on any atom is 0.280 e. The Morgan fingerprint density at radius 2 is 1.88 bits per heavy atom. The smallest absolute Gasteiger partial charge is 0.280 e. The molecule has 24 heavy (non-hydrogen) atoms. The Hall–Kier alpha value is -3.28. The van der Waals surface area contributed by atoms with E-state index in [0.717, 1.165) is 11.3 Å². The van der Waals surface area contributed by atoms with Gasteiger partial charge in [-0.1, -0.05) is 24.8 Å². The van der Waals surface area contributed by atoms with Crippen LogP contribution in [0.4, 0.5) is 10.1 Å². The highest BCUT2D eigenvalue weighted by Crippen LogP contribution is 2.11. The summed E-state index contributed by atoms with van der Waals surface area (Å²) in [6.45, 7) is 5.82. The van der Waals surface area contributed by atoms with Crippen LogP contribution in [0.2, 0.25) is 0 Å². The van der Waals surface area contributed by atoms with Crippen molar-refractivity contribution >= 4 is 18.5 Å². The second-order valence-electron chi connectivity index (χ2n) is 5.35. The van der Waals surface area contributed by atoms with E-state index in [4.69, 9.17) is 0 Å². The van der Waals surface area contributed by atoms with Crippen LogP contribution >= 0.6 is 0 Å². The van der Waals surface area contributed by atoms with E-state index in [9.17, 15) is 9.18 Å². The molecular formula is C18H17FN4O. The Balaban J connectivity index is 1.89. The number of rotatable bonds is 4. The van der Waals surface area contributed by atoms with E-state index in [2.05, 4.69) is 22.5 Å². The van der Waals surface area contributed by atoms with Gasteiger partial charge >= 0.3 is 0 Å². The summed E-state index contributed by atoms with van der Waals surface area (Å²) in [6, 6.07) is 13.4. The summed E-state index contributed by atoms with van der Waals surface area (Å²) in [5.74, 6) is -0.357. The summed E-state index contributed by atoms with van der Waals surface area (Å²) < 4.78 is 14.3. The zero-order chi connectivity index (χ0) is 17.1. The summed E-state index contributed by atoms with van der Waals surface area (Å²) in [5.41, 5.74) is 8.19. The van der Waals surface area contributed by atoms with Crippen LogP contribution in [0.15, 0.2) is 53.3 Å². The van der Waals surface area contributed by atoms with E-state index >= 15 is 0 Å². The molecule has 5 nitrogen and oxygen atoms in total. The quantitative estimate of drug-likeness (QED) is 0.636. The minimum absolute atomic E-state index is 0.273. The predicted molar refractivity (Wildman–Crippen MR) is 93.5 cm³/mol. The van der Waals surface area contributed by atoms with Gasteiger partial charge in [0.2, 0.25) is 0 Å². The van der Waals surface area contributed by atoms with Crippen LogP contribution < -0.4 is 27.0 Å². The summed E-state index contributed by atoms with van der Waals surface area (Å²) in [5, 5.41) is 3.73. The number of benzene rings is 2. The SMILES string of the molecule is C=c1[nH]n(-c2ccc(F)cc2)c(=O)c1=CNNc1ccccc1C. The molecular weight excluding hydrogens is 307 g/mol. The van der Waals surface area contributed by atoms with Gasteiger partial charge in [0.05, 0.1) is 21.9 Å². The minimum atomic E-state index is -0.357. The molecule has 0 atom stereocenters. The highest BCUT2D eigenvalue weighted by Gasteiger charge is 2.04. The number of hydrazine groups is 1. The van der Waals surface area contributed by atoms with Gasteiger partial charge in [0, 0.05) is 6.20 Å². The molecule has 6 heteroatoms. The van der Waals surface area contributed by atoms with Gasteiger partial charge < -0.3 is 10.9 Å². The van der Waals surface area contributed by atoms with Gasteiger partial charge in [0.25, 0.3) is 5.56 Å². The number of hydrogen-bond donors (Lipinski definition) is 3. The van der Waals surface area contributed by atoms with Crippen molar-refractivity contribution in [3.63, 3.8) is 0 Å². The zero-order valence-electron chi connectivity index (χ0n) is 13.1. The van der Waals surface area contributed by atoms with Crippen LogP contribution in [0.5, 0.6) is 0 Å². The van der Waals surface area contributed by atoms with Gasteiger partial charge in [-0.15, -0.1) is 0 Å². The summed E-state index contributed by atoms with van der Waals surface area (Å²) in [4.78, 5) is 12.5. The number of halogens is 1. The third kappa shape index (κ3) is 3.08. The fourth-order valence-electron chi connectivity index (χ4n) is 2.32. The molecule has 0 bridgehead atoms. The van der Waals surface area contributed by atoms with Gasteiger partial charge in [-0.25, -0.2) is 9.07 Å². The number of H-pyrrole nitrogens is 1. The molecule has 122 valence electrons. The Kier molecular flexibility index (Phi) is 4.20. The summed E-state index contributed by atoms with van der Waals surface area (Å²) >= 11 is 0. The molecule has 0 aliphatic heterocycles. The Labute approximate surface area is 137 Å². The Morgan fingerprint density at radius 3 is 2.58 bits per heavy atom. The van der Waals surface area contributed by atoms with Crippen molar-refractivity contribution in [2.24, 2.45) is 0 Å². The van der Waals surface area contributed by atoms with Gasteiger partial charge in [-0.05, 0) is 42.8 Å². The lowest BCUT2D eigenvalue weighted by Gasteiger charge is -2.07. The lowest BCUT2D eigenvalue weighted by molar-refractivity contribution is 0.627. The summed E-state index contributed by atoms with van der Waals surface area (Å²) in [7, 11) is 0. The average molecular weight is 324 g/mol. The Morgan fingerprint density at radius 1 is 1.17 bits per heavy atom. The maximum atomic E-state index is 13.0. The number of nitrogens with one attached hydrogen (secondary N) is 3. The largest absolute Gasteiger partial charge is 0.307 e. The Bertz CT molecular complexity index is 1020. The molecule has 0 saturated carbocycles. The minimum Gasteiger partial charge on any atom is -0.307 e. The van der Waals surface area contributed by atoms with Crippen molar-refractivity contribution in [2.75, 3.05) is 5.43 Å². The van der Waals surface area contributed by atoms with Gasteiger partial charge in [0.15, 0.2) is 0 Å². The number of aromatic amines is 1. The van der Waals surface area contributed by atoms with Crippen LogP contribution in [0.25, 0.3) is 18.5 Å². The number of aryl methyl sites for hydroxylation is 1. The third-order valence-corrected chi connectivity index (χ3v) is 3.66. The molecule has 0 spiro atoms. The van der Waals surface area contributed by atoms with E-state index < -0.39 is 0 Å². The standard InChI is InChI=1S/C18H17FN4O/c1-12-5-3-4-6-17(12)21-20-11-16-13(2)22-23(18(16)24)15-9-7-14(19)8-10-15/h3-11,20-22H,2H2,1H3. The highest BCUT2D eigenvalue weighted by atomic mass is 19.1. The molecule has 0 fully saturated rings. The molecule has 3 aromatic rings. The monoisotopic (exact) mass is 324 g/mol. The topological polar surface area (TPSA) is 61.9 Å². The first-order valence-electron chi connectivity index (χ1n) is 7.39. The van der Waals surface area contributed by atoms with Crippen LogP contribution in [0.3, 0.4) is 0 Å². The zero-order valence-corrected chi connectivity index (χ0v) is 13.1. The second kappa shape index (κ2) is 6.45. The van der Waals surface area contributed by atoms with E-state index in [1.165, 1.54) is 28.9 Å². The van der Waals surface area contributed by atoms with E-state index in [0.29, 0.717) is 16.3 Å². The van der Waals surface area contributed by atoms with E-state index in [-0.39, 0.29) is 11.4 Å². The number of nitrogens with zero attached hydrogens (tertiary/aromatic N) is 1. The number of anilines is 1. The summed E-state index contributed by atoms with van der Waals surface area (Å²) in [6.07, 6.45) is 1.55. The number of para-hydroxylation sites is 1. The lowest BCUT2D eigenvalue weighted by atomic mass is 10.2. The molecule has 0 aliphatic carbocycles. The molecule has 0 saturated heterocycles. The first-order chi connectivity index (χ1) is 11.6. The van der Waals surface area contributed by atoms with Crippen LogP contribution in [0.1, 0.15) is 5.56 Å². The van der Waals surface area contributed by atoms with Gasteiger partial charge in [0.1, 0.15) is 5.82 Å². The van der Waals surface area contributed by atoms with Crippen LogP contribution in [-0.4, -0.2) is 9.78 Å². The molecule has 0 unspecified atom stereocenters. The fourth-order valence-corrected chi connectivity index (χ4v) is 2.32. The average Bonchev–Trinajstić information content (AvgIpc) is 2.85. The third-order valence-electron chi connectivity index (χ3n) is 3.66. The molecule has 3 rings (SSSR count). The predicted octanol–water partition coefficient (Wildman–Crippen LogP) is 1.38. The molecule has 2 aromatic carbocycles. The van der Waals surface area contributed by atoms with Crippen molar-refractivity contribution in [1.82, 2.24) is 15.2 Å². The first-order valence-corrected chi connectivity index (χ1v) is 7.39. The fraction of sp³-hybridized carbons (Fsp3) is 0.0556. The van der Waals surface area contributed by atoms with Crippen molar-refractivity contribution in [3.05, 3.63) is 80.8 Å². The van der Waals surface area contributed by atoms with Crippen molar-refractivity contribution in [1.29, 1.82) is 0 Å². The van der Waals surface area contributed by atoms with Gasteiger partial charge in [-0.3, -0.25) is 9.89 Å². The molecule has 0 amide bonds. The molecule has 0 aliphatic rings. The maximum absolute atomic E-state index is 13.0. The normalized spacial score (nSPS) is 11.5. The molecule has 0 radical (unpaired) electrons. The molecule has 1 aromatic heterocycles. The van der Waals surface area contributed by atoms with Gasteiger partial charge in [-0.2, -0.15) is 0 Å². The van der Waals surface area contributed by atoms with Crippen molar-refractivity contribution < 1.29 is 4.39 Å². The van der Waals surface area contributed by atoms with Crippen molar-refractivity contribution in [2.45, 2.75) is 6.92 Å². The number of hydrogen-bond acceptors (Lipinski definition) is 3. The second-order valence-corrected chi connectivity index (χ2v) is 5.35. The van der Waals surface area contributed by atoms with E-state index in [1.54, 1.807) is 6.20 Å². The number of aromatic nitrogens is 2. The lowest BCUT2D eigenvalue weighted by Crippen LogP contribution is -2.37. The first kappa shape index (κ1) is 15.6. The molecule has 1 heterocycles. The van der Waals surface area contributed by atoms with Crippen LogP contribution in [0, 0.1) is 12.7 Å². The van der Waals surface area contributed by atoms with E-state index in [1.807, 2.05) is 31.2 Å². The van der Waals surface area contributed by atoms with Crippen LogP contribution in [-0.2, 0) is 0 Å².